The van der Waals surface area contributed by atoms with Gasteiger partial charge in [-0.2, -0.15) is 0 Å². The minimum Gasteiger partial charge on any atom is -0.480 e. The van der Waals surface area contributed by atoms with Crippen LogP contribution in [0.1, 0.15) is 57.9 Å². The van der Waals surface area contributed by atoms with Gasteiger partial charge in [0, 0.05) is 6.04 Å². The lowest BCUT2D eigenvalue weighted by Gasteiger charge is -2.35. The molecule has 2 N–H and O–H groups in total. The molecule has 2 fully saturated rings. The molecule has 1 aliphatic heterocycles. The first-order valence-corrected chi connectivity index (χ1v) is 11.4. The van der Waals surface area contributed by atoms with Crippen LogP contribution in [0.4, 0.5) is 0 Å². The average molecular weight is 431 g/mol. The summed E-state index contributed by atoms with van der Waals surface area (Å²) in [5.74, 6) is -1.31. The molecule has 1 aromatic rings. The number of ether oxygens (including phenoxy) is 1. The van der Waals surface area contributed by atoms with Crippen molar-refractivity contribution in [2.45, 2.75) is 83.0 Å². The maximum Gasteiger partial charge on any atom is 0.326 e. The first kappa shape index (κ1) is 23.3. The normalized spacial score (nSPS) is 24.8. The highest BCUT2D eigenvalue weighted by Crippen LogP contribution is 2.40. The van der Waals surface area contributed by atoms with Gasteiger partial charge in [0.25, 0.3) is 0 Å². The van der Waals surface area contributed by atoms with E-state index in [2.05, 4.69) is 5.32 Å². The van der Waals surface area contributed by atoms with Crippen molar-refractivity contribution in [3.05, 3.63) is 35.9 Å². The molecular formula is C24H34N2O5. The second-order valence-electron chi connectivity index (χ2n) is 8.66. The summed E-state index contributed by atoms with van der Waals surface area (Å²) in [6, 6.07) is 7.75. The zero-order valence-corrected chi connectivity index (χ0v) is 18.5. The second kappa shape index (κ2) is 10.8. The van der Waals surface area contributed by atoms with E-state index in [-0.39, 0.29) is 30.4 Å². The second-order valence-corrected chi connectivity index (χ2v) is 8.66. The number of benzene rings is 1. The van der Waals surface area contributed by atoms with Gasteiger partial charge in [-0.1, -0.05) is 43.2 Å². The van der Waals surface area contributed by atoms with Crippen molar-refractivity contribution in [3.8, 4) is 0 Å². The summed E-state index contributed by atoms with van der Waals surface area (Å²) in [4.78, 5) is 39.3. The minimum atomic E-state index is -0.944. The number of carbonyl (C=O) groups is 3. The molecule has 31 heavy (non-hydrogen) atoms. The number of aryl methyl sites for hydroxylation is 1. The highest BCUT2D eigenvalue weighted by atomic mass is 16.5. The third-order valence-corrected chi connectivity index (χ3v) is 6.58. The molecule has 0 aromatic heterocycles. The lowest BCUT2D eigenvalue weighted by atomic mass is 9.84. The molecule has 2 aliphatic rings. The van der Waals surface area contributed by atoms with Crippen molar-refractivity contribution >= 4 is 17.8 Å². The molecule has 1 aliphatic carbocycles. The number of esters is 1. The van der Waals surface area contributed by atoms with Gasteiger partial charge in [-0.15, -0.1) is 0 Å². The zero-order valence-electron chi connectivity index (χ0n) is 18.5. The van der Waals surface area contributed by atoms with Crippen LogP contribution in [0, 0.1) is 5.92 Å². The predicted molar refractivity (Wildman–Crippen MR) is 116 cm³/mol. The van der Waals surface area contributed by atoms with Crippen LogP contribution in [0.5, 0.6) is 0 Å². The number of fused-ring (bicyclic) bond motifs is 1. The van der Waals surface area contributed by atoms with Crippen molar-refractivity contribution in [1.82, 2.24) is 10.2 Å². The summed E-state index contributed by atoms with van der Waals surface area (Å²) in [5.41, 5.74) is 1.10. The Labute approximate surface area is 184 Å². The molecule has 1 amide bonds. The topological polar surface area (TPSA) is 95.9 Å². The fourth-order valence-corrected chi connectivity index (χ4v) is 5.06. The van der Waals surface area contributed by atoms with E-state index in [4.69, 9.17) is 4.74 Å². The van der Waals surface area contributed by atoms with Crippen LogP contribution < -0.4 is 5.32 Å². The average Bonchev–Trinajstić information content (AvgIpc) is 3.16. The van der Waals surface area contributed by atoms with E-state index in [0.717, 1.165) is 31.2 Å². The quantitative estimate of drug-likeness (QED) is 0.585. The van der Waals surface area contributed by atoms with Gasteiger partial charge >= 0.3 is 11.9 Å². The monoisotopic (exact) mass is 430 g/mol. The predicted octanol–water partition coefficient (Wildman–Crippen LogP) is 2.77. The van der Waals surface area contributed by atoms with Crippen LogP contribution >= 0.6 is 0 Å². The Morgan fingerprint density at radius 1 is 1.19 bits per heavy atom. The number of likely N-dealkylation sites (tertiary alicyclic amines) is 1. The molecular weight excluding hydrogens is 396 g/mol. The van der Waals surface area contributed by atoms with E-state index in [1.165, 1.54) is 0 Å². The van der Waals surface area contributed by atoms with Gasteiger partial charge in [0.15, 0.2) is 0 Å². The van der Waals surface area contributed by atoms with Crippen molar-refractivity contribution in [3.63, 3.8) is 0 Å². The molecule has 0 bridgehead atoms. The fourth-order valence-electron chi connectivity index (χ4n) is 5.06. The molecule has 7 heteroatoms. The van der Waals surface area contributed by atoms with Crippen molar-refractivity contribution in [1.29, 1.82) is 0 Å². The fraction of sp³-hybridized carbons (Fsp3) is 0.625. The van der Waals surface area contributed by atoms with Crippen molar-refractivity contribution in [2.75, 3.05) is 6.61 Å². The number of carboxylic acids is 1. The molecule has 0 spiro atoms. The molecule has 1 saturated heterocycles. The van der Waals surface area contributed by atoms with Gasteiger partial charge in [-0.05, 0) is 57.4 Å². The minimum absolute atomic E-state index is 0.0167. The Balaban J connectivity index is 1.70. The van der Waals surface area contributed by atoms with E-state index in [9.17, 15) is 19.5 Å². The maximum atomic E-state index is 13.4. The Bertz CT molecular complexity index is 768. The van der Waals surface area contributed by atoms with E-state index in [1.807, 2.05) is 30.3 Å². The van der Waals surface area contributed by atoms with Gasteiger partial charge < -0.3 is 14.7 Å². The zero-order chi connectivity index (χ0) is 22.4. The van der Waals surface area contributed by atoms with Crippen LogP contribution in [0.3, 0.4) is 0 Å². The number of rotatable bonds is 9. The number of hydrogen-bond acceptors (Lipinski definition) is 5. The lowest BCUT2D eigenvalue weighted by Crippen LogP contribution is -2.55. The van der Waals surface area contributed by atoms with Crippen LogP contribution in [0.25, 0.3) is 0 Å². The Morgan fingerprint density at radius 3 is 2.58 bits per heavy atom. The molecule has 7 nitrogen and oxygen atoms in total. The van der Waals surface area contributed by atoms with Crippen LogP contribution in [0.2, 0.25) is 0 Å². The highest BCUT2D eigenvalue weighted by Gasteiger charge is 2.48. The number of aliphatic carboxylic acids is 1. The van der Waals surface area contributed by atoms with E-state index >= 15 is 0 Å². The number of nitrogens with one attached hydrogen (secondary N) is 1. The summed E-state index contributed by atoms with van der Waals surface area (Å²) in [5, 5.41) is 12.9. The Hall–Kier alpha value is -2.41. The van der Waals surface area contributed by atoms with Crippen LogP contribution in [-0.2, 0) is 25.5 Å². The summed E-state index contributed by atoms with van der Waals surface area (Å²) >= 11 is 0. The summed E-state index contributed by atoms with van der Waals surface area (Å²) < 4.78 is 5.22. The van der Waals surface area contributed by atoms with Gasteiger partial charge in [-0.25, -0.2) is 4.79 Å². The summed E-state index contributed by atoms with van der Waals surface area (Å²) in [6.45, 7) is 3.74. The first-order chi connectivity index (χ1) is 14.9. The summed E-state index contributed by atoms with van der Waals surface area (Å²) in [7, 11) is 0. The largest absolute Gasteiger partial charge is 0.480 e. The van der Waals surface area contributed by atoms with Crippen molar-refractivity contribution < 1.29 is 24.2 Å². The smallest absolute Gasteiger partial charge is 0.326 e. The molecule has 170 valence electrons. The van der Waals surface area contributed by atoms with Crippen LogP contribution in [0.15, 0.2) is 30.3 Å². The lowest BCUT2D eigenvalue weighted by molar-refractivity contribution is -0.152. The Kier molecular flexibility index (Phi) is 8.07. The molecule has 5 atom stereocenters. The molecule has 1 heterocycles. The molecule has 1 saturated carbocycles. The number of carbonyl (C=O) groups excluding carboxylic acids is 2. The van der Waals surface area contributed by atoms with E-state index in [1.54, 1.807) is 18.7 Å². The van der Waals surface area contributed by atoms with Gasteiger partial charge in [0.1, 0.15) is 12.1 Å². The first-order valence-electron chi connectivity index (χ1n) is 11.4. The highest BCUT2D eigenvalue weighted by molar-refractivity contribution is 5.88. The molecule has 3 rings (SSSR count). The Morgan fingerprint density at radius 2 is 1.90 bits per heavy atom. The third-order valence-electron chi connectivity index (χ3n) is 6.58. The van der Waals surface area contributed by atoms with Gasteiger partial charge in [-0.3, -0.25) is 14.9 Å². The number of carboxylic acid groups (broad SMARTS) is 1. The van der Waals surface area contributed by atoms with Crippen LogP contribution in [-0.4, -0.2) is 58.6 Å². The van der Waals surface area contributed by atoms with Gasteiger partial charge in [0.05, 0.1) is 12.6 Å². The molecule has 0 radical (unpaired) electrons. The number of hydrogen-bond donors (Lipinski definition) is 2. The van der Waals surface area contributed by atoms with Crippen molar-refractivity contribution in [2.24, 2.45) is 5.92 Å². The third kappa shape index (κ3) is 5.64. The summed E-state index contributed by atoms with van der Waals surface area (Å²) in [6.07, 6.45) is 5.62. The van der Waals surface area contributed by atoms with E-state index in [0.29, 0.717) is 19.3 Å². The molecule has 1 aromatic carbocycles. The number of amides is 1. The SMILES string of the molecule is CCOC(=O)[C@H](CCc1ccccc1)N[C@H](C)C(=O)N1[C@H](C(=O)O)C[C@@H]2CCCC[C@@H]21. The molecule has 0 unspecified atom stereocenters. The van der Waals surface area contributed by atoms with Gasteiger partial charge in [0.2, 0.25) is 5.91 Å². The van der Waals surface area contributed by atoms with E-state index < -0.39 is 24.1 Å². The standard InChI is InChI=1S/C24H34N2O5/c1-3-31-24(30)19(14-13-17-9-5-4-6-10-17)25-16(2)22(27)26-20-12-8-7-11-18(20)15-21(26)23(28)29/h4-6,9-10,16,18-21,25H,3,7-8,11-15H2,1-2H3,(H,28,29)/t16-,18+,19+,20+,21+/m1/s1. The number of nitrogens with zero attached hydrogens (tertiary/aromatic N) is 1. The maximum absolute atomic E-state index is 13.4.